The lowest BCUT2D eigenvalue weighted by Crippen LogP contribution is -2.04. The molecule has 2 aromatic rings. The molecule has 0 aliphatic rings. The van der Waals surface area contributed by atoms with Crippen molar-refractivity contribution in [3.8, 4) is 11.1 Å². The molecular weight excluding hydrogens is 400 g/mol. The molecule has 2 aromatic carbocycles. The van der Waals surface area contributed by atoms with Crippen molar-refractivity contribution in [3.63, 3.8) is 0 Å². The number of unbranched alkanes of at least 4 members (excludes halogenated alkanes) is 1. The smallest absolute Gasteiger partial charge is 0.0796 e. The van der Waals surface area contributed by atoms with Gasteiger partial charge in [0, 0.05) is 23.1 Å². The molecule has 0 saturated carbocycles. The van der Waals surface area contributed by atoms with Crippen LogP contribution < -0.4 is 0 Å². The normalized spacial score (nSPS) is 12.9. The van der Waals surface area contributed by atoms with E-state index in [0.29, 0.717) is 11.6 Å². The molecule has 1 atom stereocenters. The van der Waals surface area contributed by atoms with Crippen LogP contribution in [0.1, 0.15) is 94.5 Å². The van der Waals surface area contributed by atoms with Crippen LogP contribution in [0.4, 0.5) is 5.69 Å². The molecule has 1 unspecified atom stereocenters. The Morgan fingerprint density at radius 1 is 1.12 bits per heavy atom. The van der Waals surface area contributed by atoms with Crippen molar-refractivity contribution in [2.45, 2.75) is 80.6 Å². The number of hydrogen-bond acceptors (Lipinski definition) is 2. The van der Waals surface area contributed by atoms with Gasteiger partial charge in [0.2, 0.25) is 0 Å². The van der Waals surface area contributed by atoms with Gasteiger partial charge < -0.3 is 5.41 Å². The summed E-state index contributed by atoms with van der Waals surface area (Å²) in [7, 11) is 0. The zero-order valence-corrected chi connectivity index (χ0v) is 21.8. The van der Waals surface area contributed by atoms with Crippen LogP contribution in [0.3, 0.4) is 0 Å². The van der Waals surface area contributed by atoms with Gasteiger partial charge in [0.1, 0.15) is 0 Å². The van der Waals surface area contributed by atoms with Crippen molar-refractivity contribution in [1.29, 1.82) is 5.41 Å². The van der Waals surface area contributed by atoms with Crippen LogP contribution in [-0.2, 0) is 0 Å². The summed E-state index contributed by atoms with van der Waals surface area (Å²) in [4.78, 5) is 4.72. The van der Waals surface area contributed by atoms with E-state index < -0.39 is 0 Å². The second-order valence-electron chi connectivity index (χ2n) is 9.20. The Hall–Kier alpha value is -2.74. The topological polar surface area (TPSA) is 36.2 Å². The van der Waals surface area contributed by atoms with Gasteiger partial charge in [0.15, 0.2) is 0 Å². The third-order valence-electron chi connectivity index (χ3n) is 6.32. The van der Waals surface area contributed by atoms with Gasteiger partial charge in [-0.15, -0.1) is 0 Å². The number of benzene rings is 2. The third-order valence-corrected chi connectivity index (χ3v) is 6.32. The summed E-state index contributed by atoms with van der Waals surface area (Å²) < 4.78 is 0. The fourth-order valence-electron chi connectivity index (χ4n) is 4.62. The van der Waals surface area contributed by atoms with E-state index in [2.05, 4.69) is 78.5 Å². The summed E-state index contributed by atoms with van der Waals surface area (Å²) in [5.74, 6) is 0.577. The van der Waals surface area contributed by atoms with Crippen LogP contribution >= 0.6 is 0 Å². The van der Waals surface area contributed by atoms with Crippen LogP contribution in [0.2, 0.25) is 0 Å². The fraction of sp³-hybridized carbons (Fsp3) is 0.419. The second kappa shape index (κ2) is 12.5. The summed E-state index contributed by atoms with van der Waals surface area (Å²) in [6, 6.07) is 8.94. The lowest BCUT2D eigenvalue weighted by atomic mass is 9.87. The van der Waals surface area contributed by atoms with Gasteiger partial charge in [-0.25, -0.2) is 0 Å². The Labute approximate surface area is 202 Å². The minimum Gasteiger partial charge on any atom is -0.305 e. The third kappa shape index (κ3) is 6.41. The maximum atomic E-state index is 8.65. The van der Waals surface area contributed by atoms with Gasteiger partial charge in [-0.1, -0.05) is 77.0 Å². The van der Waals surface area contributed by atoms with Crippen molar-refractivity contribution in [2.75, 3.05) is 0 Å². The number of nitrogens with zero attached hydrogens (tertiary/aromatic N) is 1. The molecule has 0 fully saturated rings. The minimum atomic E-state index is 0.577. The Morgan fingerprint density at radius 3 is 2.45 bits per heavy atom. The van der Waals surface area contributed by atoms with Gasteiger partial charge in [0.05, 0.1) is 5.69 Å². The predicted octanol–water partition coefficient (Wildman–Crippen LogP) is 9.73. The van der Waals surface area contributed by atoms with Crippen LogP contribution in [-0.4, -0.2) is 11.9 Å². The van der Waals surface area contributed by atoms with E-state index in [1.165, 1.54) is 41.5 Å². The highest BCUT2D eigenvalue weighted by Gasteiger charge is 2.18. The molecule has 176 valence electrons. The maximum absolute atomic E-state index is 8.65. The SMILES string of the molecule is C=Cc1c(-c2ccc(C)c(C(C)=CC(C)CCCC)c2)cc(C)c(C(=N)CCC)c1N=CC. The molecular formula is C31H42N2. The molecule has 0 radical (unpaired) electrons. The Balaban J connectivity index is 2.68. The maximum Gasteiger partial charge on any atom is 0.0796 e. The highest BCUT2D eigenvalue weighted by molar-refractivity contribution is 6.07. The molecule has 0 spiro atoms. The zero-order chi connectivity index (χ0) is 24.5. The van der Waals surface area contributed by atoms with E-state index in [1.54, 1.807) is 0 Å². The molecule has 0 saturated heterocycles. The Kier molecular flexibility index (Phi) is 10.0. The summed E-state index contributed by atoms with van der Waals surface area (Å²) in [5, 5.41) is 8.65. The predicted molar refractivity (Wildman–Crippen MR) is 149 cm³/mol. The van der Waals surface area contributed by atoms with Crippen molar-refractivity contribution in [3.05, 3.63) is 64.7 Å². The largest absolute Gasteiger partial charge is 0.305 e. The molecule has 0 aliphatic carbocycles. The van der Waals surface area contributed by atoms with E-state index in [4.69, 9.17) is 10.4 Å². The number of aliphatic imine (C=N–C) groups is 1. The van der Waals surface area contributed by atoms with Gasteiger partial charge in [0.25, 0.3) is 0 Å². The molecule has 0 amide bonds. The molecule has 0 aromatic heterocycles. The molecule has 0 heterocycles. The van der Waals surface area contributed by atoms with Crippen molar-refractivity contribution < 1.29 is 0 Å². The molecule has 33 heavy (non-hydrogen) atoms. The molecule has 2 heteroatoms. The number of allylic oxidation sites excluding steroid dienone is 2. The average molecular weight is 443 g/mol. The summed E-state index contributed by atoms with van der Waals surface area (Å²) in [6.07, 6.45) is 11.6. The monoisotopic (exact) mass is 442 g/mol. The highest BCUT2D eigenvalue weighted by Crippen LogP contribution is 2.39. The van der Waals surface area contributed by atoms with Crippen molar-refractivity contribution >= 4 is 29.3 Å². The van der Waals surface area contributed by atoms with Gasteiger partial charge in [-0.2, -0.15) is 0 Å². The van der Waals surface area contributed by atoms with Crippen molar-refractivity contribution in [2.24, 2.45) is 10.9 Å². The first-order chi connectivity index (χ1) is 15.8. The second-order valence-corrected chi connectivity index (χ2v) is 9.20. The fourth-order valence-corrected chi connectivity index (χ4v) is 4.62. The highest BCUT2D eigenvalue weighted by atomic mass is 14.7. The van der Waals surface area contributed by atoms with E-state index in [9.17, 15) is 0 Å². The number of rotatable bonds is 11. The van der Waals surface area contributed by atoms with E-state index in [1.807, 2.05) is 19.2 Å². The van der Waals surface area contributed by atoms with Crippen molar-refractivity contribution in [1.82, 2.24) is 0 Å². The first-order valence-corrected chi connectivity index (χ1v) is 12.4. The first kappa shape index (κ1) is 26.5. The lowest BCUT2D eigenvalue weighted by molar-refractivity contribution is 0.599. The number of aryl methyl sites for hydroxylation is 2. The molecule has 1 N–H and O–H groups in total. The van der Waals surface area contributed by atoms with Gasteiger partial charge in [-0.3, -0.25) is 4.99 Å². The Bertz CT molecular complexity index is 1050. The summed E-state index contributed by atoms with van der Waals surface area (Å²) in [5.41, 5.74) is 10.8. The van der Waals surface area contributed by atoms with Crippen LogP contribution in [0.25, 0.3) is 22.8 Å². The first-order valence-electron chi connectivity index (χ1n) is 12.4. The molecule has 2 nitrogen and oxygen atoms in total. The van der Waals surface area contributed by atoms with E-state index in [-0.39, 0.29) is 0 Å². The summed E-state index contributed by atoms with van der Waals surface area (Å²) in [6.45, 7) is 19.3. The molecule has 0 bridgehead atoms. The quantitative estimate of drug-likeness (QED) is 0.336. The van der Waals surface area contributed by atoms with Gasteiger partial charge >= 0.3 is 0 Å². The van der Waals surface area contributed by atoms with E-state index >= 15 is 0 Å². The van der Waals surface area contributed by atoms with Gasteiger partial charge in [-0.05, 0) is 85.9 Å². The number of nitrogens with one attached hydrogen (secondary N) is 1. The van der Waals surface area contributed by atoms with Crippen LogP contribution in [0.5, 0.6) is 0 Å². The van der Waals surface area contributed by atoms with Crippen LogP contribution in [0.15, 0.2) is 41.9 Å². The Morgan fingerprint density at radius 2 is 1.85 bits per heavy atom. The van der Waals surface area contributed by atoms with Crippen LogP contribution in [0, 0.1) is 25.2 Å². The molecule has 2 rings (SSSR count). The summed E-state index contributed by atoms with van der Waals surface area (Å²) >= 11 is 0. The standard InChI is InChI=1S/C31H42N2/c1-9-13-15-21(5)18-23(7)27-20-25(17-16-22(27)6)28-19-24(8)30(29(32)14-10-2)31(33-12-4)26(28)11-3/h11-12,16-21,32H,3,9-10,13-15H2,1-2,4-8H3. The zero-order valence-electron chi connectivity index (χ0n) is 21.8. The molecule has 0 aliphatic heterocycles. The lowest BCUT2D eigenvalue weighted by Gasteiger charge is -2.19. The minimum absolute atomic E-state index is 0.577. The average Bonchev–Trinajstić information content (AvgIpc) is 2.78. The number of hydrogen-bond donors (Lipinski definition) is 1. The van der Waals surface area contributed by atoms with E-state index in [0.717, 1.165) is 40.8 Å².